The summed E-state index contributed by atoms with van der Waals surface area (Å²) >= 11 is 0. The van der Waals surface area contributed by atoms with Crippen molar-refractivity contribution in [2.75, 3.05) is 0 Å². The van der Waals surface area contributed by atoms with Gasteiger partial charge in [0.25, 0.3) is 0 Å². The van der Waals surface area contributed by atoms with Crippen LogP contribution in [0.4, 0.5) is 0 Å². The summed E-state index contributed by atoms with van der Waals surface area (Å²) in [5.41, 5.74) is 0. The lowest BCUT2D eigenvalue weighted by molar-refractivity contribution is 1.02. The maximum atomic E-state index is 3.22. The van der Waals surface area contributed by atoms with Crippen LogP contribution in [0.2, 0.25) is 0 Å². The molecule has 0 aromatic rings. The zero-order valence-electron chi connectivity index (χ0n) is 7.37. The van der Waals surface area contributed by atoms with Gasteiger partial charge in [0.2, 0.25) is 0 Å². The lowest BCUT2D eigenvalue weighted by Crippen LogP contribution is -1.68. The normalized spacial score (nSPS) is 29.3. The second kappa shape index (κ2) is 6.66. The Hall–Kier alpha value is -1.04. The van der Waals surface area contributed by atoms with Gasteiger partial charge in [-0.1, -0.05) is 42.5 Å². The summed E-state index contributed by atoms with van der Waals surface area (Å²) in [6, 6.07) is 0. The van der Waals surface area contributed by atoms with Gasteiger partial charge in [-0.15, -0.1) is 0 Å². The highest BCUT2D eigenvalue weighted by molar-refractivity contribution is 5.04. The molecule has 0 spiro atoms. The first-order valence-corrected chi connectivity index (χ1v) is 4.52. The van der Waals surface area contributed by atoms with Crippen molar-refractivity contribution < 1.29 is 0 Å². The maximum Gasteiger partial charge on any atom is -0.0166 e. The van der Waals surface area contributed by atoms with Gasteiger partial charge in [-0.3, -0.25) is 0 Å². The van der Waals surface area contributed by atoms with Crippen molar-refractivity contribution in [2.24, 2.45) is 0 Å². The zero-order chi connectivity index (χ0) is 8.49. The third-order valence-electron chi connectivity index (χ3n) is 1.68. The smallest absolute Gasteiger partial charge is 0.0166 e. The predicted octanol–water partition coefficient (Wildman–Crippen LogP) is 3.59. The number of hydrogen-bond acceptors (Lipinski definition) is 0. The number of rotatable bonds is 0. The average Bonchev–Trinajstić information content (AvgIpc) is 2.05. The van der Waals surface area contributed by atoms with Gasteiger partial charge in [0, 0.05) is 0 Å². The Kier molecular flexibility index (Phi) is 5.02. The van der Waals surface area contributed by atoms with Gasteiger partial charge in [0.1, 0.15) is 0 Å². The summed E-state index contributed by atoms with van der Waals surface area (Å²) in [5.74, 6) is 0. The van der Waals surface area contributed by atoms with Crippen LogP contribution in [0, 0.1) is 6.08 Å². The van der Waals surface area contributed by atoms with Crippen LogP contribution in [0.15, 0.2) is 42.5 Å². The predicted molar refractivity (Wildman–Crippen MR) is 53.7 cm³/mol. The Morgan fingerprint density at radius 3 is 2.50 bits per heavy atom. The van der Waals surface area contributed by atoms with Crippen molar-refractivity contribution in [3.8, 4) is 0 Å². The minimum Gasteiger partial charge on any atom is -0.0879 e. The summed E-state index contributed by atoms with van der Waals surface area (Å²) in [4.78, 5) is 0. The highest BCUT2D eigenvalue weighted by Crippen LogP contribution is 1.97. The van der Waals surface area contributed by atoms with Gasteiger partial charge in [0.15, 0.2) is 0 Å². The van der Waals surface area contributed by atoms with Crippen LogP contribution >= 0.6 is 0 Å². The zero-order valence-corrected chi connectivity index (χ0v) is 7.37. The van der Waals surface area contributed by atoms with Crippen molar-refractivity contribution >= 4 is 0 Å². The first-order valence-electron chi connectivity index (χ1n) is 4.52. The molecular weight excluding hydrogens is 144 g/mol. The summed E-state index contributed by atoms with van der Waals surface area (Å²) in [6.45, 7) is 0. The van der Waals surface area contributed by atoms with E-state index in [2.05, 4.69) is 42.5 Å². The molecule has 1 rings (SSSR count). The van der Waals surface area contributed by atoms with E-state index < -0.39 is 0 Å². The summed E-state index contributed by atoms with van der Waals surface area (Å²) in [7, 11) is 0. The van der Waals surface area contributed by atoms with Crippen LogP contribution in [-0.2, 0) is 0 Å². The van der Waals surface area contributed by atoms with Crippen LogP contribution in [0.1, 0.15) is 25.7 Å². The molecule has 1 aliphatic carbocycles. The molecule has 0 N–H and O–H groups in total. The van der Waals surface area contributed by atoms with E-state index in [9.17, 15) is 0 Å². The first kappa shape index (κ1) is 9.05. The average molecular weight is 159 g/mol. The minimum absolute atomic E-state index is 1.03. The third kappa shape index (κ3) is 4.73. The highest BCUT2D eigenvalue weighted by Gasteiger charge is 1.78. The molecule has 0 heterocycles. The van der Waals surface area contributed by atoms with Gasteiger partial charge in [-0.2, -0.15) is 0 Å². The lowest BCUT2D eigenvalue weighted by Gasteiger charge is -1.87. The van der Waals surface area contributed by atoms with E-state index in [-0.39, 0.29) is 0 Å². The quantitative estimate of drug-likeness (QED) is 0.474. The number of hydrogen-bond donors (Lipinski definition) is 0. The fourth-order valence-electron chi connectivity index (χ4n) is 1.03. The molecular formula is C12H15. The molecule has 0 fully saturated rings. The van der Waals surface area contributed by atoms with E-state index in [1.165, 1.54) is 0 Å². The molecule has 1 radical (unpaired) electrons. The minimum atomic E-state index is 1.03. The van der Waals surface area contributed by atoms with Gasteiger partial charge < -0.3 is 0 Å². The Morgan fingerprint density at radius 1 is 0.833 bits per heavy atom. The van der Waals surface area contributed by atoms with Gasteiger partial charge in [-0.25, -0.2) is 0 Å². The first-order chi connectivity index (χ1) is 6.00. The second-order valence-electron chi connectivity index (χ2n) is 2.75. The maximum absolute atomic E-state index is 3.22. The van der Waals surface area contributed by atoms with Crippen LogP contribution in [0.5, 0.6) is 0 Å². The van der Waals surface area contributed by atoms with Crippen molar-refractivity contribution in [1.29, 1.82) is 0 Å². The number of allylic oxidation sites excluding steroid dienone is 8. The lowest BCUT2D eigenvalue weighted by atomic mass is 10.2. The molecule has 1 aliphatic rings. The fourth-order valence-corrected chi connectivity index (χ4v) is 1.03. The van der Waals surface area contributed by atoms with Crippen molar-refractivity contribution in [3.63, 3.8) is 0 Å². The monoisotopic (exact) mass is 159 g/mol. The molecule has 0 amide bonds. The van der Waals surface area contributed by atoms with Crippen LogP contribution in [0.25, 0.3) is 0 Å². The fraction of sp³-hybridized carbons (Fsp3) is 0.333. The third-order valence-corrected chi connectivity index (χ3v) is 1.68. The van der Waals surface area contributed by atoms with Crippen LogP contribution < -0.4 is 0 Å². The molecule has 0 saturated carbocycles. The van der Waals surface area contributed by atoms with E-state index in [4.69, 9.17) is 0 Å². The Labute approximate surface area is 75.0 Å². The van der Waals surface area contributed by atoms with Gasteiger partial charge >= 0.3 is 0 Å². The Balaban J connectivity index is 2.41. The SMILES string of the molecule is [C]1=C/C=C\C/C=C/C/C=C/CC/1. The van der Waals surface area contributed by atoms with Crippen LogP contribution in [-0.4, -0.2) is 0 Å². The van der Waals surface area contributed by atoms with Crippen molar-refractivity contribution in [2.45, 2.75) is 25.7 Å². The Bertz CT molecular complexity index is 204. The summed E-state index contributed by atoms with van der Waals surface area (Å²) < 4.78 is 0. The highest BCUT2D eigenvalue weighted by atomic mass is 13.8. The van der Waals surface area contributed by atoms with E-state index in [1.54, 1.807) is 0 Å². The molecule has 0 unspecified atom stereocenters. The van der Waals surface area contributed by atoms with E-state index >= 15 is 0 Å². The van der Waals surface area contributed by atoms with Crippen molar-refractivity contribution in [1.82, 2.24) is 0 Å². The molecule has 0 nitrogen and oxygen atoms in total. The van der Waals surface area contributed by atoms with E-state index in [0.717, 1.165) is 25.7 Å². The molecule has 0 heteroatoms. The topological polar surface area (TPSA) is 0 Å². The van der Waals surface area contributed by atoms with E-state index in [0.29, 0.717) is 0 Å². The second-order valence-corrected chi connectivity index (χ2v) is 2.75. The molecule has 0 atom stereocenters. The molecule has 12 heavy (non-hydrogen) atoms. The molecule has 0 aromatic heterocycles. The molecule has 0 bridgehead atoms. The molecule has 0 saturated heterocycles. The van der Waals surface area contributed by atoms with Crippen molar-refractivity contribution in [3.05, 3.63) is 48.6 Å². The Morgan fingerprint density at radius 2 is 1.58 bits per heavy atom. The largest absolute Gasteiger partial charge is 0.0879 e. The molecule has 0 aliphatic heterocycles. The molecule has 63 valence electrons. The standard InChI is InChI=1S/C12H15/c1-2-4-6-8-10-12-11-9-7-5-3-1/h1-3,6,8,11-12H,4,7,9-10H2/b2-1-,5-3?,8-6+,12-11+. The summed E-state index contributed by atoms with van der Waals surface area (Å²) in [6.07, 6.45) is 22.5. The van der Waals surface area contributed by atoms with Gasteiger partial charge in [0.05, 0.1) is 0 Å². The van der Waals surface area contributed by atoms with Crippen LogP contribution in [0.3, 0.4) is 0 Å². The molecule has 0 aromatic carbocycles. The van der Waals surface area contributed by atoms with Gasteiger partial charge in [-0.05, 0) is 31.8 Å². The van der Waals surface area contributed by atoms with E-state index in [1.807, 2.05) is 6.08 Å². The summed E-state index contributed by atoms with van der Waals surface area (Å²) in [5, 5.41) is 0.